The first-order chi connectivity index (χ1) is 9.25. The van der Waals surface area contributed by atoms with Crippen LogP contribution in [0, 0.1) is 11.8 Å². The zero-order chi connectivity index (χ0) is 13.2. The summed E-state index contributed by atoms with van der Waals surface area (Å²) in [5, 5.41) is 12.9. The molecule has 1 aromatic carbocycles. The van der Waals surface area contributed by atoms with E-state index in [9.17, 15) is 9.90 Å². The zero-order valence-corrected chi connectivity index (χ0v) is 11.0. The number of rotatable bonds is 3. The zero-order valence-electron chi connectivity index (χ0n) is 11.0. The van der Waals surface area contributed by atoms with E-state index < -0.39 is 6.09 Å². The molecule has 3 unspecified atom stereocenters. The van der Waals surface area contributed by atoms with E-state index >= 15 is 0 Å². The summed E-state index contributed by atoms with van der Waals surface area (Å²) in [6, 6.07) is 10.1. The minimum absolute atomic E-state index is 0.178. The van der Waals surface area contributed by atoms with Crippen LogP contribution in [0.2, 0.25) is 0 Å². The number of hydrogen-bond acceptors (Lipinski definition) is 2. The number of fused-ring (bicyclic) bond motifs is 1. The van der Waals surface area contributed by atoms with Crippen molar-refractivity contribution in [1.29, 1.82) is 0 Å². The lowest BCUT2D eigenvalue weighted by Crippen LogP contribution is -2.42. The van der Waals surface area contributed by atoms with Crippen LogP contribution in [0.15, 0.2) is 30.3 Å². The molecule has 1 aliphatic carbocycles. The van der Waals surface area contributed by atoms with Crippen LogP contribution in [0.4, 0.5) is 4.79 Å². The number of nitrogens with one attached hydrogen (secondary N) is 1. The molecule has 19 heavy (non-hydrogen) atoms. The average Bonchev–Trinajstić information content (AvgIpc) is 3.00. The van der Waals surface area contributed by atoms with Crippen molar-refractivity contribution in [1.82, 2.24) is 10.2 Å². The minimum Gasteiger partial charge on any atom is -0.465 e. The first-order valence-corrected chi connectivity index (χ1v) is 7.00. The standard InChI is InChI=1S/C15H20N2O2/c18-15(19)17(10-11-4-2-1-3-5-11)14-7-6-12-8-16-9-13(12)14/h1-5,12-14,16H,6-10H2,(H,18,19). The van der Waals surface area contributed by atoms with Gasteiger partial charge in [0.2, 0.25) is 0 Å². The van der Waals surface area contributed by atoms with Crippen LogP contribution in [-0.2, 0) is 6.54 Å². The molecular formula is C15H20N2O2. The van der Waals surface area contributed by atoms with E-state index in [1.54, 1.807) is 4.90 Å². The van der Waals surface area contributed by atoms with Crippen molar-refractivity contribution in [2.24, 2.45) is 11.8 Å². The van der Waals surface area contributed by atoms with E-state index in [0.717, 1.165) is 31.5 Å². The fourth-order valence-electron chi connectivity index (χ4n) is 3.61. The van der Waals surface area contributed by atoms with Crippen molar-refractivity contribution in [2.45, 2.75) is 25.4 Å². The van der Waals surface area contributed by atoms with Crippen LogP contribution >= 0.6 is 0 Å². The van der Waals surface area contributed by atoms with E-state index in [1.165, 1.54) is 0 Å². The van der Waals surface area contributed by atoms with Gasteiger partial charge < -0.3 is 15.3 Å². The minimum atomic E-state index is -0.790. The van der Waals surface area contributed by atoms with Crippen molar-refractivity contribution < 1.29 is 9.90 Å². The molecule has 0 spiro atoms. The lowest BCUT2D eigenvalue weighted by atomic mass is 9.96. The van der Waals surface area contributed by atoms with Gasteiger partial charge in [-0.05, 0) is 36.8 Å². The third kappa shape index (κ3) is 2.45. The van der Waals surface area contributed by atoms with Gasteiger partial charge in [-0.1, -0.05) is 30.3 Å². The first-order valence-electron chi connectivity index (χ1n) is 7.00. The van der Waals surface area contributed by atoms with Crippen LogP contribution in [-0.4, -0.2) is 35.2 Å². The van der Waals surface area contributed by atoms with Gasteiger partial charge in [0, 0.05) is 19.1 Å². The number of amides is 1. The van der Waals surface area contributed by atoms with E-state index in [-0.39, 0.29) is 6.04 Å². The molecule has 2 fully saturated rings. The monoisotopic (exact) mass is 260 g/mol. The molecule has 4 heteroatoms. The second kappa shape index (κ2) is 5.21. The maximum atomic E-state index is 11.6. The van der Waals surface area contributed by atoms with Crippen molar-refractivity contribution in [3.8, 4) is 0 Å². The molecule has 1 aromatic rings. The van der Waals surface area contributed by atoms with Gasteiger partial charge in [-0.15, -0.1) is 0 Å². The Hall–Kier alpha value is -1.55. The highest BCUT2D eigenvalue weighted by molar-refractivity contribution is 5.65. The van der Waals surface area contributed by atoms with Crippen LogP contribution < -0.4 is 5.32 Å². The molecule has 1 amide bonds. The predicted molar refractivity (Wildman–Crippen MR) is 72.9 cm³/mol. The van der Waals surface area contributed by atoms with Crippen LogP contribution in [0.25, 0.3) is 0 Å². The Labute approximate surface area is 113 Å². The van der Waals surface area contributed by atoms with Crippen LogP contribution in [0.1, 0.15) is 18.4 Å². The molecule has 1 aliphatic heterocycles. The molecule has 102 valence electrons. The maximum absolute atomic E-state index is 11.6. The van der Waals surface area contributed by atoms with Gasteiger partial charge in [0.25, 0.3) is 0 Å². The molecule has 0 bridgehead atoms. The Morgan fingerprint density at radius 1 is 1.26 bits per heavy atom. The maximum Gasteiger partial charge on any atom is 0.407 e. The lowest BCUT2D eigenvalue weighted by molar-refractivity contribution is 0.107. The summed E-state index contributed by atoms with van der Waals surface area (Å²) in [6.07, 6.45) is 1.37. The van der Waals surface area contributed by atoms with Gasteiger partial charge in [0.15, 0.2) is 0 Å². The second-order valence-electron chi connectivity index (χ2n) is 5.62. The molecule has 2 aliphatic rings. The summed E-state index contributed by atoms with van der Waals surface area (Å²) in [5.41, 5.74) is 1.07. The number of nitrogens with zero attached hydrogens (tertiary/aromatic N) is 1. The Balaban J connectivity index is 1.76. The summed E-state index contributed by atoms with van der Waals surface area (Å²) in [5.74, 6) is 1.17. The smallest absolute Gasteiger partial charge is 0.407 e. The topological polar surface area (TPSA) is 52.6 Å². The van der Waals surface area contributed by atoms with Gasteiger partial charge in [-0.2, -0.15) is 0 Å². The summed E-state index contributed by atoms with van der Waals surface area (Å²) < 4.78 is 0. The molecule has 1 saturated carbocycles. The molecule has 1 heterocycles. The van der Waals surface area contributed by atoms with Gasteiger partial charge in [-0.3, -0.25) is 0 Å². The number of benzene rings is 1. The fourth-order valence-corrected chi connectivity index (χ4v) is 3.61. The van der Waals surface area contributed by atoms with Crippen molar-refractivity contribution in [3.63, 3.8) is 0 Å². The number of carbonyl (C=O) groups is 1. The summed E-state index contributed by atoms with van der Waals surface area (Å²) in [6.45, 7) is 2.53. The Bertz CT molecular complexity index is 449. The third-order valence-corrected chi connectivity index (χ3v) is 4.56. The van der Waals surface area contributed by atoms with Crippen LogP contribution in [0.3, 0.4) is 0 Å². The quantitative estimate of drug-likeness (QED) is 0.875. The molecule has 2 N–H and O–H groups in total. The van der Waals surface area contributed by atoms with Gasteiger partial charge >= 0.3 is 6.09 Å². The predicted octanol–water partition coefficient (Wildman–Crippen LogP) is 2.16. The molecule has 0 radical (unpaired) electrons. The summed E-state index contributed by atoms with van der Waals surface area (Å²) in [4.78, 5) is 13.2. The Morgan fingerprint density at radius 2 is 2.05 bits per heavy atom. The largest absolute Gasteiger partial charge is 0.465 e. The van der Waals surface area contributed by atoms with Gasteiger partial charge in [0.05, 0.1) is 0 Å². The molecule has 3 rings (SSSR count). The molecule has 3 atom stereocenters. The SMILES string of the molecule is O=C(O)N(Cc1ccccc1)C1CCC2CNCC21. The van der Waals surface area contributed by atoms with E-state index in [4.69, 9.17) is 0 Å². The van der Waals surface area contributed by atoms with Gasteiger partial charge in [0.1, 0.15) is 0 Å². The Morgan fingerprint density at radius 3 is 2.79 bits per heavy atom. The lowest BCUT2D eigenvalue weighted by Gasteiger charge is -2.30. The number of hydrogen-bond donors (Lipinski definition) is 2. The first kappa shape index (κ1) is 12.5. The van der Waals surface area contributed by atoms with Crippen molar-refractivity contribution >= 4 is 6.09 Å². The average molecular weight is 260 g/mol. The van der Waals surface area contributed by atoms with E-state index in [0.29, 0.717) is 18.4 Å². The number of carboxylic acid groups (broad SMARTS) is 1. The van der Waals surface area contributed by atoms with Crippen molar-refractivity contribution in [2.75, 3.05) is 13.1 Å². The van der Waals surface area contributed by atoms with Crippen LogP contribution in [0.5, 0.6) is 0 Å². The fraction of sp³-hybridized carbons (Fsp3) is 0.533. The molecule has 4 nitrogen and oxygen atoms in total. The molecule has 0 aromatic heterocycles. The third-order valence-electron chi connectivity index (χ3n) is 4.56. The second-order valence-corrected chi connectivity index (χ2v) is 5.62. The van der Waals surface area contributed by atoms with E-state index in [2.05, 4.69) is 5.32 Å². The van der Waals surface area contributed by atoms with Crippen molar-refractivity contribution in [3.05, 3.63) is 35.9 Å². The van der Waals surface area contributed by atoms with E-state index in [1.807, 2.05) is 30.3 Å². The molecule has 1 saturated heterocycles. The summed E-state index contributed by atoms with van der Waals surface area (Å²) >= 11 is 0. The summed E-state index contributed by atoms with van der Waals surface area (Å²) in [7, 11) is 0. The highest BCUT2D eigenvalue weighted by atomic mass is 16.4. The Kier molecular flexibility index (Phi) is 3.42. The van der Waals surface area contributed by atoms with Gasteiger partial charge in [-0.25, -0.2) is 4.79 Å². The highest BCUT2D eigenvalue weighted by Crippen LogP contribution is 2.38. The normalized spacial score (nSPS) is 29.2. The molecular weight excluding hydrogens is 240 g/mol. The highest BCUT2D eigenvalue weighted by Gasteiger charge is 2.43.